The molecule has 2 aromatic heterocycles. The third-order valence-corrected chi connectivity index (χ3v) is 3.58. The highest BCUT2D eigenvalue weighted by Gasteiger charge is 2.28. The summed E-state index contributed by atoms with van der Waals surface area (Å²) in [5, 5.41) is 0.566. The molecule has 2 aromatic rings. The number of pyridine rings is 1. The van der Waals surface area contributed by atoms with E-state index in [9.17, 15) is 0 Å². The van der Waals surface area contributed by atoms with E-state index in [4.69, 9.17) is 11.6 Å². The molecule has 3 nitrogen and oxygen atoms in total. The van der Waals surface area contributed by atoms with Gasteiger partial charge in [0.2, 0.25) is 0 Å². The van der Waals surface area contributed by atoms with E-state index in [2.05, 4.69) is 15.0 Å². The Hall–Kier alpha value is -1.48. The second-order valence-electron chi connectivity index (χ2n) is 4.81. The van der Waals surface area contributed by atoms with Crippen molar-refractivity contribution in [1.82, 2.24) is 15.0 Å². The molecule has 0 aliphatic heterocycles. The fourth-order valence-electron chi connectivity index (χ4n) is 2.00. The second-order valence-corrected chi connectivity index (χ2v) is 5.16. The quantitative estimate of drug-likeness (QED) is 0.772. The van der Waals surface area contributed by atoms with E-state index in [1.807, 2.05) is 26.0 Å². The lowest BCUT2D eigenvalue weighted by Gasteiger charge is -2.09. The summed E-state index contributed by atoms with van der Waals surface area (Å²) in [6, 6.07) is 4.00. The van der Waals surface area contributed by atoms with Gasteiger partial charge in [-0.1, -0.05) is 11.6 Å². The Morgan fingerprint density at radius 3 is 2.67 bits per heavy atom. The molecule has 92 valence electrons. The first-order chi connectivity index (χ1) is 8.65. The third-order valence-electron chi connectivity index (χ3n) is 3.22. The number of rotatable bonds is 2. The first-order valence-electron chi connectivity index (χ1n) is 6.12. The molecule has 18 heavy (non-hydrogen) atoms. The van der Waals surface area contributed by atoms with Gasteiger partial charge in [0.25, 0.3) is 0 Å². The van der Waals surface area contributed by atoms with Gasteiger partial charge in [0.05, 0.1) is 5.69 Å². The minimum Gasteiger partial charge on any atom is -0.262 e. The van der Waals surface area contributed by atoms with Gasteiger partial charge < -0.3 is 0 Å². The highest BCUT2D eigenvalue weighted by Crippen LogP contribution is 2.40. The van der Waals surface area contributed by atoms with Gasteiger partial charge in [0.1, 0.15) is 11.0 Å². The highest BCUT2D eigenvalue weighted by atomic mass is 35.5. The first-order valence-corrected chi connectivity index (χ1v) is 6.50. The Kier molecular flexibility index (Phi) is 2.78. The van der Waals surface area contributed by atoms with Crippen molar-refractivity contribution in [3.63, 3.8) is 0 Å². The lowest BCUT2D eigenvalue weighted by atomic mass is 10.1. The molecule has 0 atom stereocenters. The fourth-order valence-corrected chi connectivity index (χ4v) is 2.18. The Morgan fingerprint density at radius 1 is 1.22 bits per heavy atom. The Bertz CT molecular complexity index is 606. The van der Waals surface area contributed by atoms with Crippen LogP contribution in [0.1, 0.15) is 35.8 Å². The molecular weight excluding hydrogens is 246 g/mol. The minimum atomic E-state index is 0.504. The molecule has 4 heteroatoms. The maximum atomic E-state index is 6.21. The maximum absolute atomic E-state index is 6.21. The summed E-state index contributed by atoms with van der Waals surface area (Å²) in [6.07, 6.45) is 4.15. The van der Waals surface area contributed by atoms with Crippen LogP contribution in [0.5, 0.6) is 0 Å². The Balaban J connectivity index is 2.15. The van der Waals surface area contributed by atoms with Gasteiger partial charge in [-0.3, -0.25) is 4.98 Å². The van der Waals surface area contributed by atoms with Crippen molar-refractivity contribution in [2.24, 2.45) is 0 Å². The van der Waals surface area contributed by atoms with Gasteiger partial charge in [-0.2, -0.15) is 0 Å². The third kappa shape index (κ3) is 2.10. The fraction of sp³-hybridized carbons (Fsp3) is 0.357. The zero-order chi connectivity index (χ0) is 12.7. The van der Waals surface area contributed by atoms with Gasteiger partial charge >= 0.3 is 0 Å². The number of nitrogens with zero attached hydrogens (tertiary/aromatic N) is 3. The average molecular weight is 260 g/mol. The average Bonchev–Trinajstić information content (AvgIpc) is 3.16. The zero-order valence-corrected chi connectivity index (χ0v) is 11.2. The molecule has 1 aliphatic carbocycles. The number of hydrogen-bond acceptors (Lipinski definition) is 3. The van der Waals surface area contributed by atoms with Gasteiger partial charge in [-0.15, -0.1) is 0 Å². The highest BCUT2D eigenvalue weighted by molar-refractivity contribution is 6.30. The van der Waals surface area contributed by atoms with Crippen molar-refractivity contribution in [2.45, 2.75) is 32.6 Å². The summed E-state index contributed by atoms with van der Waals surface area (Å²) < 4.78 is 0. The molecule has 0 N–H and O–H groups in total. The molecule has 0 amide bonds. The van der Waals surface area contributed by atoms with Gasteiger partial charge in [-0.05, 0) is 38.8 Å². The van der Waals surface area contributed by atoms with Crippen molar-refractivity contribution in [3.8, 4) is 11.3 Å². The zero-order valence-electron chi connectivity index (χ0n) is 10.4. The summed E-state index contributed by atoms with van der Waals surface area (Å²) in [7, 11) is 0. The van der Waals surface area contributed by atoms with Crippen LogP contribution >= 0.6 is 11.6 Å². The van der Waals surface area contributed by atoms with E-state index in [0.29, 0.717) is 11.1 Å². The summed E-state index contributed by atoms with van der Waals surface area (Å²) in [4.78, 5) is 13.3. The smallest absolute Gasteiger partial charge is 0.136 e. The lowest BCUT2D eigenvalue weighted by molar-refractivity contribution is 0.921. The van der Waals surface area contributed by atoms with Gasteiger partial charge in [0, 0.05) is 28.9 Å². The van der Waals surface area contributed by atoms with Crippen molar-refractivity contribution in [3.05, 3.63) is 40.6 Å². The van der Waals surface area contributed by atoms with E-state index in [1.165, 1.54) is 12.8 Å². The van der Waals surface area contributed by atoms with Crippen LogP contribution < -0.4 is 0 Å². The van der Waals surface area contributed by atoms with E-state index in [1.54, 1.807) is 6.20 Å². The molecule has 0 radical (unpaired) electrons. The van der Waals surface area contributed by atoms with Crippen LogP contribution in [0.2, 0.25) is 5.15 Å². The van der Waals surface area contributed by atoms with Crippen LogP contribution in [0.3, 0.4) is 0 Å². The minimum absolute atomic E-state index is 0.504. The van der Waals surface area contributed by atoms with Crippen molar-refractivity contribution >= 4 is 11.6 Å². The lowest BCUT2D eigenvalue weighted by Crippen LogP contribution is -1.99. The topological polar surface area (TPSA) is 38.7 Å². The molecule has 0 bridgehead atoms. The number of hydrogen-bond donors (Lipinski definition) is 0. The number of aromatic nitrogens is 3. The van der Waals surface area contributed by atoms with E-state index >= 15 is 0 Å². The predicted octanol–water partition coefficient (Wildman–Crippen LogP) is 3.69. The van der Waals surface area contributed by atoms with Crippen molar-refractivity contribution in [2.75, 3.05) is 0 Å². The maximum Gasteiger partial charge on any atom is 0.136 e. The summed E-state index contributed by atoms with van der Waals surface area (Å²) >= 11 is 6.21. The summed E-state index contributed by atoms with van der Waals surface area (Å²) in [5.41, 5.74) is 3.91. The second kappa shape index (κ2) is 4.32. The van der Waals surface area contributed by atoms with Crippen LogP contribution in [0.25, 0.3) is 11.3 Å². The molecule has 0 spiro atoms. The van der Waals surface area contributed by atoms with E-state index < -0.39 is 0 Å². The van der Waals surface area contributed by atoms with Gasteiger partial charge in [-0.25, -0.2) is 9.97 Å². The monoisotopic (exact) mass is 259 g/mol. The largest absolute Gasteiger partial charge is 0.262 e. The van der Waals surface area contributed by atoms with Crippen LogP contribution in [-0.2, 0) is 0 Å². The summed E-state index contributed by atoms with van der Waals surface area (Å²) in [6.45, 7) is 3.94. The molecule has 1 saturated carbocycles. The molecule has 0 saturated heterocycles. The van der Waals surface area contributed by atoms with Crippen LogP contribution in [0.15, 0.2) is 18.3 Å². The van der Waals surface area contributed by atoms with Crippen LogP contribution in [-0.4, -0.2) is 15.0 Å². The molecular formula is C14H14ClN3. The number of aryl methyl sites for hydroxylation is 1. The van der Waals surface area contributed by atoms with Crippen LogP contribution in [0.4, 0.5) is 0 Å². The first kappa shape index (κ1) is 11.6. The molecule has 1 fully saturated rings. The van der Waals surface area contributed by atoms with Crippen molar-refractivity contribution < 1.29 is 0 Å². The standard InChI is InChI=1S/C14H14ClN3/c1-8-7-11(5-6-16-8)12-9(2)13(15)18-14(17-12)10-3-4-10/h5-7,10H,3-4H2,1-2H3. The molecule has 0 aromatic carbocycles. The number of halogens is 1. The molecule has 2 heterocycles. The van der Waals surface area contributed by atoms with E-state index in [0.717, 1.165) is 28.3 Å². The normalized spacial score (nSPS) is 14.8. The predicted molar refractivity (Wildman–Crippen MR) is 71.7 cm³/mol. The molecule has 1 aliphatic rings. The molecule has 3 rings (SSSR count). The Morgan fingerprint density at radius 2 is 2.00 bits per heavy atom. The SMILES string of the molecule is Cc1cc(-c2nc(C3CC3)nc(Cl)c2C)ccn1. The Labute approximate surface area is 111 Å². The van der Waals surface area contributed by atoms with Crippen molar-refractivity contribution in [1.29, 1.82) is 0 Å². The van der Waals surface area contributed by atoms with Gasteiger partial charge in [0.15, 0.2) is 0 Å². The van der Waals surface area contributed by atoms with E-state index in [-0.39, 0.29) is 0 Å². The molecule has 0 unspecified atom stereocenters. The summed E-state index contributed by atoms with van der Waals surface area (Å²) in [5.74, 6) is 1.39. The van der Waals surface area contributed by atoms with Crippen LogP contribution in [0, 0.1) is 13.8 Å².